The molecular weight excluding hydrogens is 260 g/mol. The molecule has 2 aliphatic rings. The zero-order valence-electron chi connectivity index (χ0n) is 14.7. The van der Waals surface area contributed by atoms with E-state index in [1.807, 2.05) is 0 Å². The standard InChI is InChI=1S/C18H36N2O/c1-5-15(4)17-14-20(11-8-10-19-17)16-9-12-21-18(6-2,7-3)13-16/h15-17,19H,5-14H2,1-4H3. The van der Waals surface area contributed by atoms with E-state index >= 15 is 0 Å². The van der Waals surface area contributed by atoms with Crippen LogP contribution >= 0.6 is 0 Å². The van der Waals surface area contributed by atoms with Gasteiger partial charge in [-0.1, -0.05) is 34.1 Å². The molecule has 1 N–H and O–H groups in total. The van der Waals surface area contributed by atoms with Crippen LogP contribution in [0.15, 0.2) is 0 Å². The summed E-state index contributed by atoms with van der Waals surface area (Å²) in [7, 11) is 0. The SMILES string of the molecule is CCC(C)C1CN(C2CCOC(CC)(CC)C2)CCCN1. The van der Waals surface area contributed by atoms with Crippen molar-refractivity contribution < 1.29 is 4.74 Å². The minimum atomic E-state index is 0.147. The molecule has 3 atom stereocenters. The van der Waals surface area contributed by atoms with E-state index in [9.17, 15) is 0 Å². The fourth-order valence-electron chi connectivity index (χ4n) is 4.03. The molecule has 21 heavy (non-hydrogen) atoms. The number of ether oxygens (including phenoxy) is 1. The van der Waals surface area contributed by atoms with Gasteiger partial charge in [0, 0.05) is 25.2 Å². The third-order valence-electron chi connectivity index (χ3n) is 6.06. The first-order chi connectivity index (χ1) is 10.1. The number of nitrogens with one attached hydrogen (secondary N) is 1. The molecule has 124 valence electrons. The van der Waals surface area contributed by atoms with Crippen molar-refractivity contribution in [1.82, 2.24) is 10.2 Å². The first-order valence-corrected chi connectivity index (χ1v) is 9.25. The van der Waals surface area contributed by atoms with Gasteiger partial charge in [-0.2, -0.15) is 0 Å². The van der Waals surface area contributed by atoms with Crippen LogP contribution in [-0.2, 0) is 4.74 Å². The lowest BCUT2D eigenvalue weighted by Gasteiger charge is -2.44. The van der Waals surface area contributed by atoms with Crippen LogP contribution in [0.4, 0.5) is 0 Å². The zero-order chi connectivity index (χ0) is 15.3. The fraction of sp³-hybridized carbons (Fsp3) is 1.00. The second-order valence-corrected chi connectivity index (χ2v) is 7.18. The van der Waals surface area contributed by atoms with E-state index in [2.05, 4.69) is 37.9 Å². The molecule has 2 heterocycles. The van der Waals surface area contributed by atoms with Crippen LogP contribution in [0.1, 0.15) is 66.2 Å². The Balaban J connectivity index is 2.01. The molecule has 0 aromatic rings. The average Bonchev–Trinajstić information content (AvgIpc) is 2.80. The predicted molar refractivity (Wildman–Crippen MR) is 89.7 cm³/mol. The molecule has 0 spiro atoms. The van der Waals surface area contributed by atoms with Crippen molar-refractivity contribution in [2.24, 2.45) is 5.92 Å². The fourth-order valence-corrected chi connectivity index (χ4v) is 4.03. The summed E-state index contributed by atoms with van der Waals surface area (Å²) in [6.45, 7) is 13.9. The number of hydrogen-bond acceptors (Lipinski definition) is 3. The molecule has 0 aromatic carbocycles. The monoisotopic (exact) mass is 296 g/mol. The zero-order valence-corrected chi connectivity index (χ0v) is 14.7. The van der Waals surface area contributed by atoms with Crippen molar-refractivity contribution in [2.45, 2.75) is 83.9 Å². The smallest absolute Gasteiger partial charge is 0.0692 e. The van der Waals surface area contributed by atoms with E-state index in [0.717, 1.165) is 31.4 Å². The topological polar surface area (TPSA) is 24.5 Å². The summed E-state index contributed by atoms with van der Waals surface area (Å²) in [5.41, 5.74) is 0.147. The average molecular weight is 296 g/mol. The van der Waals surface area contributed by atoms with Crippen LogP contribution in [0.5, 0.6) is 0 Å². The lowest BCUT2D eigenvalue weighted by Crippen LogP contribution is -2.51. The summed E-state index contributed by atoms with van der Waals surface area (Å²) in [6, 6.07) is 1.39. The predicted octanol–water partition coefficient (Wildman–Crippen LogP) is 3.43. The van der Waals surface area contributed by atoms with Gasteiger partial charge in [-0.15, -0.1) is 0 Å². The van der Waals surface area contributed by atoms with Crippen LogP contribution in [0.25, 0.3) is 0 Å². The summed E-state index contributed by atoms with van der Waals surface area (Å²) in [5.74, 6) is 0.771. The van der Waals surface area contributed by atoms with Gasteiger partial charge in [0.1, 0.15) is 0 Å². The van der Waals surface area contributed by atoms with Crippen molar-refractivity contribution in [3.05, 3.63) is 0 Å². The number of nitrogens with zero attached hydrogens (tertiary/aromatic N) is 1. The third kappa shape index (κ3) is 4.20. The maximum Gasteiger partial charge on any atom is 0.0692 e. The summed E-state index contributed by atoms with van der Waals surface area (Å²) < 4.78 is 6.17. The highest BCUT2D eigenvalue weighted by molar-refractivity contribution is 4.92. The summed E-state index contributed by atoms with van der Waals surface area (Å²) in [4.78, 5) is 2.78. The van der Waals surface area contributed by atoms with Gasteiger partial charge in [0.05, 0.1) is 5.60 Å². The van der Waals surface area contributed by atoms with Gasteiger partial charge in [-0.3, -0.25) is 4.90 Å². The normalized spacial score (nSPS) is 32.6. The van der Waals surface area contributed by atoms with E-state index in [4.69, 9.17) is 4.74 Å². The molecule has 0 bridgehead atoms. The van der Waals surface area contributed by atoms with Gasteiger partial charge in [0.2, 0.25) is 0 Å². The molecule has 3 heteroatoms. The third-order valence-corrected chi connectivity index (χ3v) is 6.06. The summed E-state index contributed by atoms with van der Waals surface area (Å²) in [5, 5.41) is 3.78. The van der Waals surface area contributed by atoms with Crippen LogP contribution in [0.3, 0.4) is 0 Å². The Kier molecular flexibility index (Phi) is 6.51. The Hall–Kier alpha value is -0.120. The van der Waals surface area contributed by atoms with Gasteiger partial charge in [0.25, 0.3) is 0 Å². The van der Waals surface area contributed by atoms with Crippen LogP contribution < -0.4 is 5.32 Å². The largest absolute Gasteiger partial charge is 0.375 e. The van der Waals surface area contributed by atoms with E-state index in [0.29, 0.717) is 6.04 Å². The summed E-state index contributed by atoms with van der Waals surface area (Å²) >= 11 is 0. The molecule has 0 saturated carbocycles. The first kappa shape index (κ1) is 17.2. The highest BCUT2D eigenvalue weighted by Crippen LogP contribution is 2.34. The molecule has 0 radical (unpaired) electrons. The highest BCUT2D eigenvalue weighted by Gasteiger charge is 2.37. The van der Waals surface area contributed by atoms with Crippen molar-refractivity contribution in [2.75, 3.05) is 26.2 Å². The first-order valence-electron chi connectivity index (χ1n) is 9.25. The van der Waals surface area contributed by atoms with Gasteiger partial charge >= 0.3 is 0 Å². The van der Waals surface area contributed by atoms with E-state index in [1.165, 1.54) is 45.3 Å². The molecule has 2 fully saturated rings. The molecule has 2 aliphatic heterocycles. The number of rotatable bonds is 5. The van der Waals surface area contributed by atoms with E-state index in [-0.39, 0.29) is 5.60 Å². The lowest BCUT2D eigenvalue weighted by atomic mass is 9.85. The van der Waals surface area contributed by atoms with Gasteiger partial charge < -0.3 is 10.1 Å². The van der Waals surface area contributed by atoms with Crippen molar-refractivity contribution in [3.63, 3.8) is 0 Å². The van der Waals surface area contributed by atoms with Crippen LogP contribution in [0, 0.1) is 5.92 Å². The minimum Gasteiger partial charge on any atom is -0.375 e. The molecule has 2 saturated heterocycles. The lowest BCUT2D eigenvalue weighted by molar-refractivity contribution is -0.110. The van der Waals surface area contributed by atoms with Gasteiger partial charge in [-0.25, -0.2) is 0 Å². The highest BCUT2D eigenvalue weighted by atomic mass is 16.5. The van der Waals surface area contributed by atoms with Crippen molar-refractivity contribution in [1.29, 1.82) is 0 Å². The number of hydrogen-bond donors (Lipinski definition) is 1. The second-order valence-electron chi connectivity index (χ2n) is 7.18. The Morgan fingerprint density at radius 3 is 2.71 bits per heavy atom. The Labute approximate surface area is 131 Å². The Morgan fingerprint density at radius 1 is 1.29 bits per heavy atom. The molecule has 0 aliphatic carbocycles. The maximum absolute atomic E-state index is 6.17. The Morgan fingerprint density at radius 2 is 2.05 bits per heavy atom. The minimum absolute atomic E-state index is 0.147. The molecule has 0 aromatic heterocycles. The van der Waals surface area contributed by atoms with Crippen molar-refractivity contribution >= 4 is 0 Å². The molecule has 3 nitrogen and oxygen atoms in total. The molecule has 3 unspecified atom stereocenters. The van der Waals surface area contributed by atoms with Crippen LogP contribution in [0.2, 0.25) is 0 Å². The van der Waals surface area contributed by atoms with E-state index < -0.39 is 0 Å². The molecular formula is C18H36N2O. The quantitative estimate of drug-likeness (QED) is 0.841. The Bertz CT molecular complexity index is 304. The second kappa shape index (κ2) is 7.94. The molecule has 0 amide bonds. The van der Waals surface area contributed by atoms with Gasteiger partial charge in [0.15, 0.2) is 0 Å². The summed E-state index contributed by atoms with van der Waals surface area (Å²) in [6.07, 6.45) is 7.31. The van der Waals surface area contributed by atoms with Crippen molar-refractivity contribution in [3.8, 4) is 0 Å². The molecule has 2 rings (SSSR count). The van der Waals surface area contributed by atoms with Gasteiger partial charge in [-0.05, 0) is 51.1 Å². The van der Waals surface area contributed by atoms with E-state index in [1.54, 1.807) is 0 Å². The maximum atomic E-state index is 6.17. The van der Waals surface area contributed by atoms with Crippen LogP contribution in [-0.4, -0.2) is 48.8 Å².